The molecule has 0 amide bonds. The van der Waals surface area contributed by atoms with Crippen LogP contribution in [0.3, 0.4) is 0 Å². The van der Waals surface area contributed by atoms with Crippen LogP contribution in [0.4, 0.5) is 0 Å². The maximum absolute atomic E-state index is 2.69. The minimum Gasteiger partial charge on any atom is -0.340 e. The van der Waals surface area contributed by atoms with Crippen molar-refractivity contribution in [3.05, 3.63) is 408 Å². The van der Waals surface area contributed by atoms with E-state index in [1.165, 1.54) is 276 Å². The van der Waals surface area contributed by atoms with Gasteiger partial charge in [0.15, 0.2) is 0 Å². The number of fused-ring (bicyclic) bond motifs is 28. The van der Waals surface area contributed by atoms with Crippen molar-refractivity contribution in [2.24, 2.45) is 0 Å². The largest absolute Gasteiger partial charge is 0.340 e. The van der Waals surface area contributed by atoms with Gasteiger partial charge in [-0.2, -0.15) is 0 Å². The highest BCUT2D eigenvalue weighted by molar-refractivity contribution is 6.11. The molecule has 0 saturated carbocycles. The molecule has 0 aliphatic heterocycles. The van der Waals surface area contributed by atoms with Gasteiger partial charge >= 0.3 is 0 Å². The van der Waals surface area contributed by atoms with Crippen LogP contribution in [0.25, 0.3) is 154 Å². The van der Waals surface area contributed by atoms with Crippen molar-refractivity contribution >= 4 is 87.2 Å². The maximum atomic E-state index is 2.69. The van der Waals surface area contributed by atoms with E-state index < -0.39 is 5.41 Å². The Hall–Kier alpha value is -13.3. The molecule has 0 radical (unpaired) electrons. The van der Waals surface area contributed by atoms with Crippen LogP contribution in [-0.2, 0) is 42.4 Å². The fourth-order valence-electron chi connectivity index (χ4n) is 25.3. The van der Waals surface area contributed by atoms with Gasteiger partial charge in [-0.25, -0.2) is 0 Å². The van der Waals surface area contributed by atoms with E-state index in [2.05, 4.69) is 382 Å². The van der Waals surface area contributed by atoms with Gasteiger partial charge in [-0.3, -0.25) is 0 Å². The van der Waals surface area contributed by atoms with E-state index in [1.54, 1.807) is 0 Å². The molecule has 4 heteroatoms. The molecule has 0 N–H and O–H groups in total. The number of hydrogen-bond donors (Lipinski definition) is 0. The summed E-state index contributed by atoms with van der Waals surface area (Å²) in [5.41, 5.74) is 37.9. The quantitative estimate of drug-likeness (QED) is 0.0400. The topological polar surface area (TPSA) is 19.7 Å². The molecule has 4 heterocycles. The van der Waals surface area contributed by atoms with Crippen LogP contribution in [0.5, 0.6) is 0 Å². The van der Waals surface area contributed by atoms with Crippen molar-refractivity contribution < 1.29 is 0 Å². The Balaban J connectivity index is 0.559. The summed E-state index contributed by atoms with van der Waals surface area (Å²) in [5, 5.41) is 10.9. The molecular weight excluding hydrogens is 1530 g/mol. The van der Waals surface area contributed by atoms with E-state index in [0.29, 0.717) is 0 Å². The zero-order valence-corrected chi connectivity index (χ0v) is 72.9. The molecule has 1 spiro atoms. The molecule has 620 valence electrons. The third kappa shape index (κ3) is 12.6. The lowest BCUT2D eigenvalue weighted by molar-refractivity contribution is 0.397. The monoisotopic (exact) mass is 1640 g/mol. The normalized spacial score (nSPS) is 14.0. The van der Waals surface area contributed by atoms with Gasteiger partial charge in [0.2, 0.25) is 0 Å². The molecule has 0 unspecified atom stereocenters. The lowest BCUT2D eigenvalue weighted by Crippen LogP contribution is -2.26. The van der Waals surface area contributed by atoms with E-state index in [4.69, 9.17) is 0 Å². The molecule has 0 fully saturated rings. The van der Waals surface area contributed by atoms with Crippen molar-refractivity contribution in [2.75, 3.05) is 0 Å². The van der Waals surface area contributed by atoms with Crippen LogP contribution in [-0.4, -0.2) is 18.3 Å². The standard InChI is InChI=1S/C123H108N4/c1(5-37-77-124-113-57-25-13-45-97(113)98-46-14-26-58-114(98)124)33-73-121(74-34-2-6-38-78-125-115-59-27-15-47-99(115)100-48-16-28-60-116(100)125)105-53-21-9-41-89(105)93-69-65-85(81-109(93)121)87-67-71-95-96-72-68-88(84-112(96)123(111(95)83-87)107-55-23-11-43-91(107)92-44-12-24-56-108(92)123)86-66-70-94-90-42-10-22-54-106(90)122(110(94)82-86,75-35-3-7-39-79-126-117-61-29-17-49-101(117)102-50-18-30-62-118(102)126)76-36-4-8-40-80-127-119-63-31-19-51-103(119)104-52-20-32-64-120(104)127/h9-32,41-72,81-84H,1-8,33-40,73-80H2. The van der Waals surface area contributed by atoms with E-state index >= 15 is 0 Å². The lowest BCUT2D eigenvalue weighted by Gasteiger charge is -2.33. The van der Waals surface area contributed by atoms with Gasteiger partial charge in [-0.1, -0.05) is 368 Å². The number of aromatic nitrogens is 4. The van der Waals surface area contributed by atoms with Gasteiger partial charge in [0.1, 0.15) is 0 Å². The molecule has 24 rings (SSSR count). The molecule has 0 atom stereocenters. The van der Waals surface area contributed by atoms with Crippen molar-refractivity contribution in [3.63, 3.8) is 0 Å². The molecule has 0 saturated heterocycles. The average molecular weight is 1640 g/mol. The highest BCUT2D eigenvalue weighted by Gasteiger charge is 2.53. The van der Waals surface area contributed by atoms with Gasteiger partial charge in [-0.15, -0.1) is 0 Å². The number of aryl methyl sites for hydroxylation is 4. The van der Waals surface area contributed by atoms with Gasteiger partial charge in [0, 0.05) is 124 Å². The van der Waals surface area contributed by atoms with Crippen LogP contribution in [0.1, 0.15) is 173 Å². The molecule has 4 aliphatic carbocycles. The molecule has 4 nitrogen and oxygen atoms in total. The summed E-state index contributed by atoms with van der Waals surface area (Å²) in [6.07, 6.45) is 23.5. The first-order valence-electron chi connectivity index (χ1n) is 47.8. The predicted molar refractivity (Wildman–Crippen MR) is 536 cm³/mol. The second kappa shape index (κ2) is 32.3. The van der Waals surface area contributed by atoms with Gasteiger partial charge in [0.05, 0.1) is 5.41 Å². The summed E-state index contributed by atoms with van der Waals surface area (Å²) >= 11 is 0. The first-order valence-corrected chi connectivity index (χ1v) is 47.8. The summed E-state index contributed by atoms with van der Waals surface area (Å²) in [4.78, 5) is 0. The number of unbranched alkanes of at least 4 members (excludes halogenated alkanes) is 12. The highest BCUT2D eigenvalue weighted by atomic mass is 15.0. The number of nitrogens with zero attached hydrogens (tertiary/aromatic N) is 4. The molecular formula is C123H108N4. The number of para-hydroxylation sites is 8. The molecule has 20 aromatic rings. The van der Waals surface area contributed by atoms with E-state index in [9.17, 15) is 0 Å². The maximum Gasteiger partial charge on any atom is 0.0725 e. The van der Waals surface area contributed by atoms with Crippen LogP contribution < -0.4 is 0 Å². The molecule has 127 heavy (non-hydrogen) atoms. The third-order valence-electron chi connectivity index (χ3n) is 31.0. The highest BCUT2D eigenvalue weighted by Crippen LogP contribution is 2.65. The van der Waals surface area contributed by atoms with Crippen molar-refractivity contribution in [3.8, 4) is 66.8 Å². The Bertz CT molecular complexity index is 6730. The third-order valence-corrected chi connectivity index (χ3v) is 31.0. The number of benzene rings is 16. The first-order chi connectivity index (χ1) is 63.0. The van der Waals surface area contributed by atoms with Crippen LogP contribution in [0, 0.1) is 0 Å². The Morgan fingerprint density at radius 1 is 0.150 bits per heavy atom. The Morgan fingerprint density at radius 3 is 0.598 bits per heavy atom. The summed E-state index contributed by atoms with van der Waals surface area (Å²) in [5.74, 6) is 0. The Labute approximate surface area is 746 Å². The number of hydrogen-bond acceptors (Lipinski definition) is 0. The zero-order valence-electron chi connectivity index (χ0n) is 72.9. The molecule has 0 bridgehead atoms. The van der Waals surface area contributed by atoms with E-state index in [0.717, 1.165) is 77.5 Å². The van der Waals surface area contributed by atoms with Crippen LogP contribution in [0.15, 0.2) is 364 Å². The van der Waals surface area contributed by atoms with E-state index in [-0.39, 0.29) is 10.8 Å². The summed E-state index contributed by atoms with van der Waals surface area (Å²) in [6.45, 7) is 4.12. The fourth-order valence-corrected chi connectivity index (χ4v) is 25.3. The smallest absolute Gasteiger partial charge is 0.0725 e. The minimum atomic E-state index is -0.552. The zero-order chi connectivity index (χ0) is 84.0. The van der Waals surface area contributed by atoms with Crippen molar-refractivity contribution in [2.45, 2.75) is 171 Å². The molecule has 16 aromatic carbocycles. The van der Waals surface area contributed by atoms with Gasteiger partial charge in [0.25, 0.3) is 0 Å². The molecule has 4 aromatic heterocycles. The summed E-state index contributed by atoms with van der Waals surface area (Å²) in [7, 11) is 0. The SMILES string of the molecule is c1ccc2c(c1)-c1ccc(-c3ccc4c(c3)C3(c5ccccc5-c5ccccc53)c3cc(-c5ccc6c(c5)C(CCCCCCn5c7ccccc7c7ccccc75)(CCCCCCn5c7ccccc7c7ccccc75)c5ccccc5-6)ccc3-4)cc1C2(CCCCCCn1c2ccccc2c2ccccc21)CCCCCCn1c2ccccc2c2ccccc21. The Morgan fingerprint density at radius 2 is 0.339 bits per heavy atom. The average Bonchev–Trinajstić information content (AvgIpc) is 1.50. The fraction of sp³-hybridized carbons (Fsp3) is 0.220. The number of rotatable bonds is 30. The minimum absolute atomic E-state index is 0.124. The van der Waals surface area contributed by atoms with Crippen molar-refractivity contribution in [1.29, 1.82) is 0 Å². The predicted octanol–water partition coefficient (Wildman–Crippen LogP) is 32.9. The molecule has 4 aliphatic rings. The van der Waals surface area contributed by atoms with Gasteiger partial charge in [-0.05, 0) is 235 Å². The Kier molecular flexibility index (Phi) is 19.7. The second-order valence-corrected chi connectivity index (χ2v) is 37.5. The van der Waals surface area contributed by atoms with E-state index in [1.807, 2.05) is 0 Å². The van der Waals surface area contributed by atoms with Gasteiger partial charge < -0.3 is 18.3 Å². The lowest BCUT2D eigenvalue weighted by atomic mass is 9.69. The summed E-state index contributed by atoms with van der Waals surface area (Å²) < 4.78 is 10.4. The summed E-state index contributed by atoms with van der Waals surface area (Å²) in [6, 6.07) is 141. The van der Waals surface area contributed by atoms with Crippen LogP contribution >= 0.6 is 0 Å². The van der Waals surface area contributed by atoms with Crippen LogP contribution in [0.2, 0.25) is 0 Å². The second-order valence-electron chi connectivity index (χ2n) is 37.5. The van der Waals surface area contributed by atoms with Crippen molar-refractivity contribution in [1.82, 2.24) is 18.3 Å². The first kappa shape index (κ1) is 77.3.